The summed E-state index contributed by atoms with van der Waals surface area (Å²) in [6.45, 7) is 4.21. The van der Waals surface area contributed by atoms with Crippen LogP contribution < -0.4 is 0 Å². The highest BCUT2D eigenvalue weighted by molar-refractivity contribution is 5.88. The van der Waals surface area contributed by atoms with Gasteiger partial charge in [-0.1, -0.05) is 38.1 Å². The lowest BCUT2D eigenvalue weighted by atomic mass is 9.88. The molecule has 0 aliphatic carbocycles. The number of hydrogen-bond acceptors (Lipinski definition) is 2. The second kappa shape index (κ2) is 4.86. The number of benzene rings is 2. The molecule has 2 aromatic carbocycles. The fourth-order valence-electron chi connectivity index (χ4n) is 2.52. The molecule has 0 unspecified atom stereocenters. The second-order valence-corrected chi connectivity index (χ2v) is 4.62. The van der Waals surface area contributed by atoms with E-state index in [1.54, 1.807) is 0 Å². The third-order valence-corrected chi connectivity index (χ3v) is 3.19. The summed E-state index contributed by atoms with van der Waals surface area (Å²) < 4.78 is 0. The minimum atomic E-state index is 0.0157. The van der Waals surface area contributed by atoms with Crippen molar-refractivity contribution in [2.45, 2.75) is 33.0 Å². The fourth-order valence-corrected chi connectivity index (χ4v) is 2.52. The summed E-state index contributed by atoms with van der Waals surface area (Å²) in [7, 11) is 0. The first-order valence-electron chi connectivity index (χ1n) is 5.94. The number of hydrogen-bond donors (Lipinski definition) is 2. The van der Waals surface area contributed by atoms with Crippen molar-refractivity contribution in [3.63, 3.8) is 0 Å². The van der Waals surface area contributed by atoms with Crippen molar-refractivity contribution in [1.82, 2.24) is 0 Å². The Bertz CT molecular complexity index is 530. The third kappa shape index (κ3) is 2.06. The first kappa shape index (κ1) is 12.1. The first-order chi connectivity index (χ1) is 8.19. The molecule has 0 radical (unpaired) electrons. The van der Waals surface area contributed by atoms with Crippen LogP contribution in [-0.4, -0.2) is 10.2 Å². The zero-order valence-corrected chi connectivity index (χ0v) is 10.3. The molecule has 2 nitrogen and oxygen atoms in total. The molecule has 0 aliphatic rings. The summed E-state index contributed by atoms with van der Waals surface area (Å²) in [6, 6.07) is 10.00. The highest BCUT2D eigenvalue weighted by Gasteiger charge is 2.14. The summed E-state index contributed by atoms with van der Waals surface area (Å²) in [4.78, 5) is 0. The SMILES string of the molecule is CC(C)c1c(CO)cc2ccccc2c1CO. The molecule has 0 amide bonds. The smallest absolute Gasteiger partial charge is 0.0690 e. The van der Waals surface area contributed by atoms with Crippen LogP contribution in [0.3, 0.4) is 0 Å². The van der Waals surface area contributed by atoms with Gasteiger partial charge in [-0.3, -0.25) is 0 Å². The van der Waals surface area contributed by atoms with Crippen LogP contribution >= 0.6 is 0 Å². The lowest BCUT2D eigenvalue weighted by Crippen LogP contribution is -2.03. The normalized spacial score (nSPS) is 11.4. The van der Waals surface area contributed by atoms with Crippen LogP contribution in [-0.2, 0) is 13.2 Å². The predicted octanol–water partition coefficient (Wildman–Crippen LogP) is 2.95. The molecule has 0 fully saturated rings. The topological polar surface area (TPSA) is 40.5 Å². The Kier molecular flexibility index (Phi) is 3.46. The minimum absolute atomic E-state index is 0.0157. The maximum atomic E-state index is 9.60. The molecule has 2 heteroatoms. The molecule has 17 heavy (non-hydrogen) atoms. The monoisotopic (exact) mass is 230 g/mol. The molecule has 0 bridgehead atoms. The Labute approximate surface area is 102 Å². The third-order valence-electron chi connectivity index (χ3n) is 3.19. The number of aliphatic hydroxyl groups is 2. The van der Waals surface area contributed by atoms with Gasteiger partial charge in [-0.25, -0.2) is 0 Å². The molecule has 2 N–H and O–H groups in total. The quantitative estimate of drug-likeness (QED) is 0.851. The van der Waals surface area contributed by atoms with E-state index in [9.17, 15) is 10.2 Å². The van der Waals surface area contributed by atoms with E-state index in [1.165, 1.54) is 0 Å². The Balaban J connectivity index is 2.84. The first-order valence-corrected chi connectivity index (χ1v) is 5.94. The maximum absolute atomic E-state index is 9.60. The standard InChI is InChI=1S/C15H18O2/c1-10(2)15-12(8-16)7-11-5-3-4-6-13(11)14(15)9-17/h3-7,10,16-17H,8-9H2,1-2H3. The van der Waals surface area contributed by atoms with Gasteiger partial charge in [0, 0.05) is 0 Å². The molecular weight excluding hydrogens is 212 g/mol. The predicted molar refractivity (Wildman–Crippen MR) is 69.9 cm³/mol. The summed E-state index contributed by atoms with van der Waals surface area (Å²) >= 11 is 0. The lowest BCUT2D eigenvalue weighted by Gasteiger charge is -2.18. The molecule has 2 rings (SSSR count). The maximum Gasteiger partial charge on any atom is 0.0690 e. The van der Waals surface area contributed by atoms with Gasteiger partial charge in [0.15, 0.2) is 0 Å². The van der Waals surface area contributed by atoms with Crippen molar-refractivity contribution >= 4 is 10.8 Å². The molecule has 0 aliphatic heterocycles. The second-order valence-electron chi connectivity index (χ2n) is 4.62. The minimum Gasteiger partial charge on any atom is -0.392 e. The van der Waals surface area contributed by atoms with E-state index >= 15 is 0 Å². The van der Waals surface area contributed by atoms with Gasteiger partial charge in [-0.15, -0.1) is 0 Å². The van der Waals surface area contributed by atoms with Crippen LogP contribution in [0.25, 0.3) is 10.8 Å². The summed E-state index contributed by atoms with van der Waals surface area (Å²) in [6.07, 6.45) is 0. The van der Waals surface area contributed by atoms with E-state index in [0.717, 1.165) is 27.5 Å². The van der Waals surface area contributed by atoms with E-state index in [1.807, 2.05) is 30.3 Å². The molecule has 0 saturated carbocycles. The van der Waals surface area contributed by atoms with Crippen LogP contribution in [0.2, 0.25) is 0 Å². The molecule has 0 aromatic heterocycles. The molecule has 0 atom stereocenters. The Morgan fingerprint density at radius 3 is 2.35 bits per heavy atom. The van der Waals surface area contributed by atoms with Crippen LogP contribution in [0.1, 0.15) is 36.5 Å². The summed E-state index contributed by atoms with van der Waals surface area (Å²) in [5, 5.41) is 21.2. The van der Waals surface area contributed by atoms with Crippen LogP contribution in [0, 0.1) is 0 Å². The van der Waals surface area contributed by atoms with E-state index in [0.29, 0.717) is 5.92 Å². The average Bonchev–Trinajstić information content (AvgIpc) is 2.35. The van der Waals surface area contributed by atoms with Gasteiger partial charge in [0.25, 0.3) is 0 Å². The molecule has 0 spiro atoms. The molecular formula is C15H18O2. The van der Waals surface area contributed by atoms with Gasteiger partial charge in [0.2, 0.25) is 0 Å². The largest absolute Gasteiger partial charge is 0.392 e. The van der Waals surface area contributed by atoms with Gasteiger partial charge >= 0.3 is 0 Å². The van der Waals surface area contributed by atoms with Gasteiger partial charge in [-0.2, -0.15) is 0 Å². The molecule has 90 valence electrons. The Hall–Kier alpha value is -1.38. The summed E-state index contributed by atoms with van der Waals surface area (Å²) in [5.74, 6) is 0.295. The Morgan fingerprint density at radius 1 is 1.06 bits per heavy atom. The lowest BCUT2D eigenvalue weighted by molar-refractivity contribution is 0.273. The van der Waals surface area contributed by atoms with Crippen molar-refractivity contribution in [2.24, 2.45) is 0 Å². The van der Waals surface area contributed by atoms with Crippen LogP contribution in [0.15, 0.2) is 30.3 Å². The van der Waals surface area contributed by atoms with Crippen molar-refractivity contribution < 1.29 is 10.2 Å². The van der Waals surface area contributed by atoms with E-state index < -0.39 is 0 Å². The molecule has 0 heterocycles. The van der Waals surface area contributed by atoms with E-state index in [2.05, 4.69) is 13.8 Å². The Morgan fingerprint density at radius 2 is 1.76 bits per heavy atom. The number of fused-ring (bicyclic) bond motifs is 1. The zero-order chi connectivity index (χ0) is 12.4. The van der Waals surface area contributed by atoms with Crippen molar-refractivity contribution in [3.8, 4) is 0 Å². The van der Waals surface area contributed by atoms with Crippen molar-refractivity contribution in [3.05, 3.63) is 47.0 Å². The molecule has 2 aromatic rings. The van der Waals surface area contributed by atoms with E-state index in [-0.39, 0.29) is 13.2 Å². The fraction of sp³-hybridized carbons (Fsp3) is 0.333. The average molecular weight is 230 g/mol. The number of aliphatic hydroxyl groups excluding tert-OH is 2. The van der Waals surface area contributed by atoms with Crippen molar-refractivity contribution in [1.29, 1.82) is 0 Å². The molecule has 0 saturated heterocycles. The van der Waals surface area contributed by atoms with Crippen molar-refractivity contribution in [2.75, 3.05) is 0 Å². The van der Waals surface area contributed by atoms with E-state index in [4.69, 9.17) is 0 Å². The van der Waals surface area contributed by atoms with Gasteiger partial charge in [-0.05, 0) is 39.4 Å². The van der Waals surface area contributed by atoms with Crippen LogP contribution in [0.4, 0.5) is 0 Å². The number of rotatable bonds is 3. The van der Waals surface area contributed by atoms with Gasteiger partial charge < -0.3 is 10.2 Å². The highest BCUT2D eigenvalue weighted by atomic mass is 16.3. The highest BCUT2D eigenvalue weighted by Crippen LogP contribution is 2.31. The zero-order valence-electron chi connectivity index (χ0n) is 10.3. The van der Waals surface area contributed by atoms with Gasteiger partial charge in [0.1, 0.15) is 0 Å². The van der Waals surface area contributed by atoms with Crippen LogP contribution in [0.5, 0.6) is 0 Å². The van der Waals surface area contributed by atoms with Gasteiger partial charge in [0.05, 0.1) is 13.2 Å². The summed E-state index contributed by atoms with van der Waals surface area (Å²) in [5.41, 5.74) is 2.94.